The summed E-state index contributed by atoms with van der Waals surface area (Å²) in [4.78, 5) is 42.3. The molecule has 4 atom stereocenters. The van der Waals surface area contributed by atoms with Gasteiger partial charge in [-0.25, -0.2) is 4.79 Å². The molecule has 3 rings (SSSR count). The molecule has 0 aliphatic carbocycles. The van der Waals surface area contributed by atoms with E-state index in [9.17, 15) is 14.4 Å². The summed E-state index contributed by atoms with van der Waals surface area (Å²) < 4.78 is 24.6. The van der Waals surface area contributed by atoms with E-state index < -0.39 is 29.5 Å². The fraction of sp³-hybridized carbons (Fsp3) is 0.783. The van der Waals surface area contributed by atoms with Crippen molar-refractivity contribution in [1.82, 2.24) is 19.8 Å². The maximum Gasteiger partial charge on any atom is 0.330 e. The number of rotatable bonds is 10. The molecule has 11 heteroatoms. The van der Waals surface area contributed by atoms with Gasteiger partial charge in [0.2, 0.25) is 0 Å². The molecule has 34 heavy (non-hydrogen) atoms. The molecule has 1 unspecified atom stereocenters. The lowest BCUT2D eigenvalue weighted by atomic mass is 10.0. The molecular weight excluding hydrogens is 444 g/mol. The first-order valence-corrected chi connectivity index (χ1v) is 12.0. The van der Waals surface area contributed by atoms with Crippen molar-refractivity contribution < 1.29 is 23.7 Å². The van der Waals surface area contributed by atoms with Gasteiger partial charge in [-0.05, 0) is 27.7 Å². The van der Waals surface area contributed by atoms with Crippen LogP contribution in [0.3, 0.4) is 0 Å². The van der Waals surface area contributed by atoms with Crippen molar-refractivity contribution in [3.8, 4) is 0 Å². The Morgan fingerprint density at radius 1 is 1.21 bits per heavy atom. The van der Waals surface area contributed by atoms with Crippen molar-refractivity contribution in [2.75, 3.05) is 46.0 Å². The van der Waals surface area contributed by atoms with E-state index in [1.807, 2.05) is 34.6 Å². The van der Waals surface area contributed by atoms with Crippen molar-refractivity contribution >= 4 is 5.91 Å². The minimum absolute atomic E-state index is 0.0150. The molecule has 2 aliphatic heterocycles. The van der Waals surface area contributed by atoms with Crippen LogP contribution >= 0.6 is 0 Å². The largest absolute Gasteiger partial charge is 0.379 e. The molecule has 3 heterocycles. The number of ether oxygens (including phenoxy) is 4. The molecule has 11 nitrogen and oxygen atoms in total. The van der Waals surface area contributed by atoms with Crippen LogP contribution in [0.25, 0.3) is 0 Å². The Labute approximate surface area is 199 Å². The SMILES string of the molecule is CC(C)OC[C@H]1O[C@@H](n2cc(C(=O)NCCN3CCOCC3)c(=O)[nH]c2=O)[C@@H](C)C1OC(C)C. The quantitative estimate of drug-likeness (QED) is 0.490. The Morgan fingerprint density at radius 2 is 1.91 bits per heavy atom. The molecule has 0 bridgehead atoms. The number of aromatic nitrogens is 2. The lowest BCUT2D eigenvalue weighted by Crippen LogP contribution is -2.43. The van der Waals surface area contributed by atoms with Crippen LogP contribution in [0, 0.1) is 5.92 Å². The zero-order chi connectivity index (χ0) is 24.8. The Hall–Kier alpha value is -2.05. The van der Waals surface area contributed by atoms with Crippen LogP contribution in [-0.2, 0) is 18.9 Å². The number of nitrogens with one attached hydrogen (secondary N) is 2. The number of H-pyrrole nitrogens is 1. The van der Waals surface area contributed by atoms with Gasteiger partial charge in [0.15, 0.2) is 0 Å². The third kappa shape index (κ3) is 6.76. The number of amides is 1. The van der Waals surface area contributed by atoms with Gasteiger partial charge in [-0.1, -0.05) is 6.92 Å². The van der Waals surface area contributed by atoms with E-state index in [0.717, 1.165) is 13.1 Å². The Balaban J connectivity index is 1.75. The van der Waals surface area contributed by atoms with E-state index in [1.165, 1.54) is 10.8 Å². The summed E-state index contributed by atoms with van der Waals surface area (Å²) >= 11 is 0. The molecule has 1 amide bonds. The van der Waals surface area contributed by atoms with Gasteiger partial charge in [0, 0.05) is 38.3 Å². The second-order valence-corrected chi connectivity index (χ2v) is 9.37. The summed E-state index contributed by atoms with van der Waals surface area (Å²) in [6.45, 7) is 14.0. The fourth-order valence-corrected chi connectivity index (χ4v) is 4.23. The normalized spacial score (nSPS) is 25.9. The third-order valence-corrected chi connectivity index (χ3v) is 5.98. The first-order chi connectivity index (χ1) is 16.2. The van der Waals surface area contributed by atoms with Gasteiger partial charge in [-0.15, -0.1) is 0 Å². The molecule has 1 aromatic heterocycles. The zero-order valence-electron chi connectivity index (χ0n) is 20.7. The average Bonchev–Trinajstić information content (AvgIpc) is 3.07. The average molecular weight is 483 g/mol. The molecule has 2 saturated heterocycles. The standard InChI is InChI=1S/C23H38N4O7/c1-14(2)32-13-18-19(33-15(3)4)16(5)22(34-18)27-12-17(21(29)25-23(27)30)20(28)24-6-7-26-8-10-31-11-9-26/h12,14-16,18-19,22H,6-11,13H2,1-5H3,(H,24,28)(H,25,29,30)/t16-,18+,19?,22+/m0/s1. The second-order valence-electron chi connectivity index (χ2n) is 9.37. The van der Waals surface area contributed by atoms with E-state index in [0.29, 0.717) is 32.9 Å². The first-order valence-electron chi connectivity index (χ1n) is 12.0. The molecule has 2 aliphatic rings. The van der Waals surface area contributed by atoms with Crippen molar-refractivity contribution in [3.63, 3.8) is 0 Å². The van der Waals surface area contributed by atoms with Crippen LogP contribution in [0.1, 0.15) is 51.2 Å². The lowest BCUT2D eigenvalue weighted by Gasteiger charge is -2.26. The van der Waals surface area contributed by atoms with Crippen molar-refractivity contribution in [3.05, 3.63) is 32.6 Å². The van der Waals surface area contributed by atoms with E-state index in [2.05, 4.69) is 15.2 Å². The van der Waals surface area contributed by atoms with Crippen LogP contribution in [0.5, 0.6) is 0 Å². The minimum Gasteiger partial charge on any atom is -0.379 e. The summed E-state index contributed by atoms with van der Waals surface area (Å²) in [5, 5.41) is 2.77. The number of nitrogens with zero attached hydrogens (tertiary/aromatic N) is 2. The third-order valence-electron chi connectivity index (χ3n) is 5.98. The highest BCUT2D eigenvalue weighted by Gasteiger charge is 2.45. The summed E-state index contributed by atoms with van der Waals surface area (Å²) in [6.07, 6.45) is -0.168. The number of morpholine rings is 1. The maximum absolute atomic E-state index is 12.7. The molecule has 0 spiro atoms. The number of hydrogen-bond acceptors (Lipinski definition) is 8. The van der Waals surface area contributed by atoms with E-state index in [-0.39, 0.29) is 29.8 Å². The number of aromatic amines is 1. The molecular formula is C23H38N4O7. The molecule has 192 valence electrons. The Kier molecular flexibility index (Phi) is 9.43. The van der Waals surface area contributed by atoms with Crippen molar-refractivity contribution in [1.29, 1.82) is 0 Å². The van der Waals surface area contributed by atoms with E-state index in [1.54, 1.807) is 0 Å². The van der Waals surface area contributed by atoms with Gasteiger partial charge in [0.05, 0.1) is 38.1 Å². The highest BCUT2D eigenvalue weighted by Crippen LogP contribution is 2.36. The van der Waals surface area contributed by atoms with Crippen LogP contribution in [0.4, 0.5) is 0 Å². The summed E-state index contributed by atoms with van der Waals surface area (Å²) in [6, 6.07) is 0. The summed E-state index contributed by atoms with van der Waals surface area (Å²) in [5.74, 6) is -0.757. The van der Waals surface area contributed by atoms with Gasteiger partial charge >= 0.3 is 5.69 Å². The monoisotopic (exact) mass is 482 g/mol. The van der Waals surface area contributed by atoms with Gasteiger partial charge in [0.1, 0.15) is 17.9 Å². The van der Waals surface area contributed by atoms with Gasteiger partial charge in [-0.2, -0.15) is 0 Å². The predicted molar refractivity (Wildman–Crippen MR) is 125 cm³/mol. The molecule has 2 N–H and O–H groups in total. The smallest absolute Gasteiger partial charge is 0.330 e. The fourth-order valence-electron chi connectivity index (χ4n) is 4.23. The number of carbonyl (C=O) groups is 1. The van der Waals surface area contributed by atoms with Gasteiger partial charge in [0.25, 0.3) is 11.5 Å². The zero-order valence-corrected chi connectivity index (χ0v) is 20.7. The lowest BCUT2D eigenvalue weighted by molar-refractivity contribution is -0.0966. The number of carbonyl (C=O) groups excluding carboxylic acids is 1. The van der Waals surface area contributed by atoms with Crippen LogP contribution < -0.4 is 16.6 Å². The molecule has 0 radical (unpaired) electrons. The Morgan fingerprint density at radius 3 is 2.56 bits per heavy atom. The van der Waals surface area contributed by atoms with Gasteiger partial charge < -0.3 is 24.3 Å². The van der Waals surface area contributed by atoms with E-state index >= 15 is 0 Å². The van der Waals surface area contributed by atoms with Crippen LogP contribution in [-0.4, -0.2) is 90.8 Å². The highest BCUT2D eigenvalue weighted by molar-refractivity contribution is 5.93. The number of hydrogen-bond donors (Lipinski definition) is 2. The highest BCUT2D eigenvalue weighted by atomic mass is 16.6. The summed E-state index contributed by atoms with van der Waals surface area (Å²) in [7, 11) is 0. The minimum atomic E-state index is -0.731. The molecule has 2 fully saturated rings. The van der Waals surface area contributed by atoms with Gasteiger partial charge in [-0.3, -0.25) is 24.0 Å². The van der Waals surface area contributed by atoms with Crippen LogP contribution in [0.2, 0.25) is 0 Å². The first kappa shape index (κ1) is 26.6. The molecule has 0 saturated carbocycles. The molecule has 1 aromatic rings. The predicted octanol–water partition coefficient (Wildman–Crippen LogP) is 0.351. The molecule has 0 aromatic carbocycles. The van der Waals surface area contributed by atoms with Crippen molar-refractivity contribution in [2.45, 2.75) is 65.3 Å². The maximum atomic E-state index is 12.7. The topological polar surface area (TPSA) is 124 Å². The van der Waals surface area contributed by atoms with Crippen molar-refractivity contribution in [2.24, 2.45) is 5.92 Å². The second kappa shape index (κ2) is 12.1. The Bertz CT molecular complexity index is 923. The summed E-state index contributed by atoms with van der Waals surface area (Å²) in [5.41, 5.74) is -1.51. The van der Waals surface area contributed by atoms with E-state index in [4.69, 9.17) is 18.9 Å². The van der Waals surface area contributed by atoms with Crippen LogP contribution in [0.15, 0.2) is 15.8 Å².